The zero-order valence-corrected chi connectivity index (χ0v) is 11.9. The van der Waals surface area contributed by atoms with Gasteiger partial charge in [-0.15, -0.1) is 0 Å². The average molecular weight is 253 g/mol. The van der Waals surface area contributed by atoms with Crippen molar-refractivity contribution in [1.82, 2.24) is 4.90 Å². The maximum atomic E-state index is 11.4. The summed E-state index contributed by atoms with van der Waals surface area (Å²) in [6, 6.07) is 0.258. The fourth-order valence-electron chi connectivity index (χ4n) is 3.54. The first-order chi connectivity index (χ1) is 8.52. The van der Waals surface area contributed by atoms with E-state index in [1.807, 2.05) is 0 Å². The monoisotopic (exact) mass is 253 g/mol. The molecule has 0 spiro atoms. The SMILES string of the molecule is CCC1CCC(C(=O)O)C(N(C)CC2CC2C)C1. The maximum absolute atomic E-state index is 11.4. The molecule has 0 heterocycles. The van der Waals surface area contributed by atoms with Gasteiger partial charge in [-0.05, 0) is 50.5 Å². The van der Waals surface area contributed by atoms with Gasteiger partial charge in [-0.25, -0.2) is 0 Å². The molecule has 3 nitrogen and oxygen atoms in total. The van der Waals surface area contributed by atoms with Crippen LogP contribution >= 0.6 is 0 Å². The maximum Gasteiger partial charge on any atom is 0.308 e. The Kier molecular flexibility index (Phi) is 4.31. The second-order valence-corrected chi connectivity index (χ2v) is 6.51. The quantitative estimate of drug-likeness (QED) is 0.819. The minimum absolute atomic E-state index is 0.146. The van der Waals surface area contributed by atoms with Crippen molar-refractivity contribution in [3.05, 3.63) is 0 Å². The van der Waals surface area contributed by atoms with Gasteiger partial charge in [0.15, 0.2) is 0 Å². The van der Waals surface area contributed by atoms with Crippen molar-refractivity contribution in [2.75, 3.05) is 13.6 Å². The molecule has 2 fully saturated rings. The normalized spacial score (nSPS) is 39.9. The Morgan fingerprint density at radius 1 is 1.33 bits per heavy atom. The summed E-state index contributed by atoms with van der Waals surface area (Å²) in [6.45, 7) is 5.61. The number of carboxylic acids is 1. The van der Waals surface area contributed by atoms with Gasteiger partial charge in [0.05, 0.1) is 5.92 Å². The zero-order valence-electron chi connectivity index (χ0n) is 11.9. The zero-order chi connectivity index (χ0) is 13.3. The van der Waals surface area contributed by atoms with Gasteiger partial charge in [-0.1, -0.05) is 20.3 Å². The van der Waals surface area contributed by atoms with Gasteiger partial charge in [0, 0.05) is 12.6 Å². The van der Waals surface area contributed by atoms with Crippen molar-refractivity contribution in [3.63, 3.8) is 0 Å². The fraction of sp³-hybridized carbons (Fsp3) is 0.933. The van der Waals surface area contributed by atoms with Crippen LogP contribution in [0.15, 0.2) is 0 Å². The molecule has 0 radical (unpaired) electrons. The lowest BCUT2D eigenvalue weighted by molar-refractivity contribution is -0.146. The highest BCUT2D eigenvalue weighted by Gasteiger charge is 2.40. The van der Waals surface area contributed by atoms with E-state index in [1.165, 1.54) is 12.8 Å². The van der Waals surface area contributed by atoms with Crippen LogP contribution in [0.5, 0.6) is 0 Å². The highest BCUT2D eigenvalue weighted by molar-refractivity contribution is 5.71. The Bertz CT molecular complexity index is 305. The first kappa shape index (κ1) is 13.9. The van der Waals surface area contributed by atoms with E-state index in [4.69, 9.17) is 0 Å². The van der Waals surface area contributed by atoms with Gasteiger partial charge in [0.1, 0.15) is 0 Å². The van der Waals surface area contributed by atoms with Gasteiger partial charge >= 0.3 is 5.97 Å². The molecular formula is C15H27NO2. The van der Waals surface area contributed by atoms with Crippen LogP contribution < -0.4 is 0 Å². The van der Waals surface area contributed by atoms with E-state index in [2.05, 4.69) is 25.8 Å². The van der Waals surface area contributed by atoms with Crippen molar-refractivity contribution < 1.29 is 9.90 Å². The molecular weight excluding hydrogens is 226 g/mol. The summed E-state index contributed by atoms with van der Waals surface area (Å²) in [5.41, 5.74) is 0. The molecule has 2 saturated carbocycles. The number of hydrogen-bond acceptors (Lipinski definition) is 2. The molecule has 0 amide bonds. The lowest BCUT2D eigenvalue weighted by Crippen LogP contribution is -2.46. The summed E-state index contributed by atoms with van der Waals surface area (Å²) in [5, 5.41) is 9.39. The molecule has 0 aromatic carbocycles. The Balaban J connectivity index is 1.96. The summed E-state index contributed by atoms with van der Waals surface area (Å²) < 4.78 is 0. The highest BCUT2D eigenvalue weighted by atomic mass is 16.4. The van der Waals surface area contributed by atoms with Crippen LogP contribution in [0.4, 0.5) is 0 Å². The molecule has 0 aliphatic heterocycles. The lowest BCUT2D eigenvalue weighted by Gasteiger charge is -2.39. The lowest BCUT2D eigenvalue weighted by atomic mass is 9.76. The van der Waals surface area contributed by atoms with Crippen molar-refractivity contribution in [1.29, 1.82) is 0 Å². The van der Waals surface area contributed by atoms with E-state index in [9.17, 15) is 9.90 Å². The summed E-state index contributed by atoms with van der Waals surface area (Å²) in [6.07, 6.45) is 5.55. The summed E-state index contributed by atoms with van der Waals surface area (Å²) in [7, 11) is 2.13. The standard InChI is InChI=1S/C15H27NO2/c1-4-11-5-6-13(15(17)18)14(8-11)16(3)9-12-7-10(12)2/h10-14H,4-9H2,1-3H3,(H,17,18). The first-order valence-electron chi connectivity index (χ1n) is 7.46. The third kappa shape index (κ3) is 3.05. The smallest absolute Gasteiger partial charge is 0.308 e. The van der Waals surface area contributed by atoms with Gasteiger partial charge in [-0.3, -0.25) is 4.79 Å². The Hall–Kier alpha value is -0.570. The van der Waals surface area contributed by atoms with Crippen LogP contribution in [0.2, 0.25) is 0 Å². The Labute approximate surface area is 111 Å². The number of carbonyl (C=O) groups is 1. The highest BCUT2D eigenvalue weighted by Crippen LogP contribution is 2.40. The number of aliphatic carboxylic acids is 1. The van der Waals surface area contributed by atoms with Gasteiger partial charge in [0.2, 0.25) is 0 Å². The molecule has 2 aliphatic rings. The molecule has 104 valence electrons. The second-order valence-electron chi connectivity index (χ2n) is 6.51. The number of rotatable bonds is 5. The molecule has 0 aromatic heterocycles. The van der Waals surface area contributed by atoms with E-state index >= 15 is 0 Å². The Morgan fingerprint density at radius 3 is 2.50 bits per heavy atom. The fourth-order valence-corrected chi connectivity index (χ4v) is 3.54. The largest absolute Gasteiger partial charge is 0.481 e. The first-order valence-corrected chi connectivity index (χ1v) is 7.46. The van der Waals surface area contributed by atoms with Crippen LogP contribution in [0, 0.1) is 23.7 Å². The molecule has 5 atom stereocenters. The van der Waals surface area contributed by atoms with Crippen molar-refractivity contribution >= 4 is 5.97 Å². The predicted octanol–water partition coefficient (Wildman–Crippen LogP) is 2.85. The topological polar surface area (TPSA) is 40.5 Å². The van der Waals surface area contributed by atoms with Crippen molar-refractivity contribution in [2.45, 2.75) is 52.0 Å². The third-order valence-electron chi connectivity index (χ3n) is 5.18. The van der Waals surface area contributed by atoms with Crippen LogP contribution in [0.3, 0.4) is 0 Å². The van der Waals surface area contributed by atoms with E-state index in [-0.39, 0.29) is 12.0 Å². The molecule has 3 heteroatoms. The predicted molar refractivity (Wildman–Crippen MR) is 72.4 cm³/mol. The third-order valence-corrected chi connectivity index (χ3v) is 5.18. The molecule has 5 unspecified atom stereocenters. The van der Waals surface area contributed by atoms with Gasteiger partial charge in [-0.2, -0.15) is 0 Å². The second kappa shape index (κ2) is 5.60. The summed E-state index contributed by atoms with van der Waals surface area (Å²) in [4.78, 5) is 13.7. The summed E-state index contributed by atoms with van der Waals surface area (Å²) in [5.74, 6) is 1.65. The van der Waals surface area contributed by atoms with Crippen LogP contribution in [0.1, 0.15) is 46.0 Å². The average Bonchev–Trinajstić information content (AvgIpc) is 3.03. The minimum atomic E-state index is -0.592. The number of carboxylic acid groups (broad SMARTS) is 1. The van der Waals surface area contributed by atoms with E-state index < -0.39 is 5.97 Å². The number of nitrogens with zero attached hydrogens (tertiary/aromatic N) is 1. The van der Waals surface area contributed by atoms with E-state index in [0.717, 1.165) is 43.6 Å². The van der Waals surface area contributed by atoms with Crippen LogP contribution in [-0.4, -0.2) is 35.6 Å². The van der Waals surface area contributed by atoms with E-state index in [0.29, 0.717) is 0 Å². The minimum Gasteiger partial charge on any atom is -0.481 e. The van der Waals surface area contributed by atoms with Gasteiger partial charge in [0.25, 0.3) is 0 Å². The van der Waals surface area contributed by atoms with Crippen molar-refractivity contribution in [3.8, 4) is 0 Å². The van der Waals surface area contributed by atoms with E-state index in [1.54, 1.807) is 0 Å². The number of hydrogen-bond donors (Lipinski definition) is 1. The van der Waals surface area contributed by atoms with Crippen molar-refractivity contribution in [2.24, 2.45) is 23.7 Å². The van der Waals surface area contributed by atoms with Gasteiger partial charge < -0.3 is 10.0 Å². The molecule has 0 aromatic rings. The van der Waals surface area contributed by atoms with Crippen LogP contribution in [0.25, 0.3) is 0 Å². The Morgan fingerprint density at radius 2 is 2.00 bits per heavy atom. The molecule has 18 heavy (non-hydrogen) atoms. The molecule has 2 rings (SSSR count). The molecule has 0 bridgehead atoms. The van der Waals surface area contributed by atoms with Crippen LogP contribution in [-0.2, 0) is 4.79 Å². The molecule has 0 saturated heterocycles. The molecule has 2 aliphatic carbocycles. The summed E-state index contributed by atoms with van der Waals surface area (Å²) >= 11 is 0. The molecule has 1 N–H and O–H groups in total.